The number of benzene rings is 2. The number of anilines is 1. The van der Waals surface area contributed by atoms with Gasteiger partial charge in [0.05, 0.1) is 0 Å². The van der Waals surface area contributed by atoms with E-state index in [4.69, 9.17) is 0 Å². The highest BCUT2D eigenvalue weighted by atomic mass is 79.9. The second-order valence-corrected chi connectivity index (χ2v) is 5.88. The first-order valence-corrected chi connectivity index (χ1v) is 7.83. The lowest BCUT2D eigenvalue weighted by molar-refractivity contribution is 0.102. The van der Waals surface area contributed by atoms with Crippen molar-refractivity contribution in [3.63, 3.8) is 0 Å². The minimum Gasteiger partial charge on any atom is -0.322 e. The molecule has 0 spiro atoms. The second-order valence-electron chi connectivity index (χ2n) is 4.15. The molecule has 0 atom stereocenters. The third-order valence-electron chi connectivity index (χ3n) is 2.77. The molecule has 0 bridgehead atoms. The van der Waals surface area contributed by atoms with Gasteiger partial charge >= 0.3 is 0 Å². The average molecular weight is 336 g/mol. The molecule has 0 saturated carbocycles. The zero-order valence-electron chi connectivity index (χ0n) is 10.7. The van der Waals surface area contributed by atoms with Crippen LogP contribution in [0.25, 0.3) is 0 Å². The van der Waals surface area contributed by atoms with Crippen molar-refractivity contribution in [3.8, 4) is 0 Å². The molecular weight excluding hydrogens is 322 g/mol. The van der Waals surface area contributed by atoms with Crippen LogP contribution in [0, 0.1) is 6.92 Å². The van der Waals surface area contributed by atoms with Crippen LogP contribution in [0.5, 0.6) is 0 Å². The maximum atomic E-state index is 12.1. The number of rotatable bonds is 3. The van der Waals surface area contributed by atoms with Gasteiger partial charge in [-0.2, -0.15) is 0 Å². The van der Waals surface area contributed by atoms with Crippen molar-refractivity contribution >= 4 is 39.3 Å². The van der Waals surface area contributed by atoms with E-state index in [1.807, 2.05) is 55.6 Å². The first-order valence-electron chi connectivity index (χ1n) is 5.81. The minimum atomic E-state index is -0.0903. The zero-order chi connectivity index (χ0) is 13.8. The minimum absolute atomic E-state index is 0.0903. The van der Waals surface area contributed by atoms with Crippen LogP contribution in [0.4, 0.5) is 5.69 Å². The molecule has 1 N–H and O–H groups in total. The van der Waals surface area contributed by atoms with E-state index in [1.165, 1.54) is 4.90 Å². The highest BCUT2D eigenvalue weighted by Crippen LogP contribution is 2.20. The van der Waals surface area contributed by atoms with Gasteiger partial charge < -0.3 is 5.32 Å². The van der Waals surface area contributed by atoms with E-state index in [1.54, 1.807) is 11.8 Å². The fraction of sp³-hybridized carbons (Fsp3) is 0.133. The Bertz CT molecular complexity index is 596. The number of aryl methyl sites for hydroxylation is 1. The summed E-state index contributed by atoms with van der Waals surface area (Å²) in [6.45, 7) is 1.97. The standard InChI is InChI=1S/C15H14BrNOS/c1-10-9-11(3-8-14(10)16)15(18)17-12-4-6-13(19-2)7-5-12/h3-9H,1-2H3,(H,17,18). The lowest BCUT2D eigenvalue weighted by atomic mass is 10.1. The first-order chi connectivity index (χ1) is 9.10. The predicted molar refractivity (Wildman–Crippen MR) is 85.1 cm³/mol. The third-order valence-corrected chi connectivity index (χ3v) is 4.40. The van der Waals surface area contributed by atoms with Gasteiger partial charge in [-0.25, -0.2) is 0 Å². The van der Waals surface area contributed by atoms with Crippen LogP contribution in [-0.4, -0.2) is 12.2 Å². The van der Waals surface area contributed by atoms with Crippen molar-refractivity contribution in [1.29, 1.82) is 0 Å². The van der Waals surface area contributed by atoms with E-state index in [9.17, 15) is 4.79 Å². The van der Waals surface area contributed by atoms with Crippen molar-refractivity contribution in [1.82, 2.24) is 0 Å². The van der Waals surface area contributed by atoms with Gasteiger partial charge in [0.1, 0.15) is 0 Å². The van der Waals surface area contributed by atoms with E-state index < -0.39 is 0 Å². The average Bonchev–Trinajstić information content (AvgIpc) is 2.42. The van der Waals surface area contributed by atoms with Crippen LogP contribution < -0.4 is 5.32 Å². The van der Waals surface area contributed by atoms with Crippen LogP contribution in [0.3, 0.4) is 0 Å². The second kappa shape index (κ2) is 6.26. The molecule has 2 aromatic carbocycles. The normalized spacial score (nSPS) is 10.3. The maximum Gasteiger partial charge on any atom is 0.255 e. The number of nitrogens with one attached hydrogen (secondary N) is 1. The molecule has 0 saturated heterocycles. The number of carbonyl (C=O) groups excluding carboxylic acids is 1. The first kappa shape index (κ1) is 14.2. The molecule has 1 amide bonds. The summed E-state index contributed by atoms with van der Waals surface area (Å²) in [7, 11) is 0. The fourth-order valence-electron chi connectivity index (χ4n) is 1.66. The van der Waals surface area contributed by atoms with Gasteiger partial charge in [-0.3, -0.25) is 4.79 Å². The Morgan fingerprint density at radius 2 is 1.84 bits per heavy atom. The van der Waals surface area contributed by atoms with Gasteiger partial charge in [-0.05, 0) is 61.2 Å². The molecule has 0 aliphatic heterocycles. The molecule has 0 aromatic heterocycles. The van der Waals surface area contributed by atoms with E-state index in [-0.39, 0.29) is 5.91 Å². The monoisotopic (exact) mass is 335 g/mol. The zero-order valence-corrected chi connectivity index (χ0v) is 13.1. The summed E-state index contributed by atoms with van der Waals surface area (Å²) >= 11 is 5.11. The lowest BCUT2D eigenvalue weighted by Gasteiger charge is -2.07. The molecule has 2 nitrogen and oxygen atoms in total. The third kappa shape index (κ3) is 3.61. The molecule has 0 aliphatic rings. The number of carbonyl (C=O) groups is 1. The van der Waals surface area contributed by atoms with Crippen molar-refractivity contribution in [2.45, 2.75) is 11.8 Å². The van der Waals surface area contributed by atoms with Crippen LogP contribution in [0.1, 0.15) is 15.9 Å². The number of thioether (sulfide) groups is 1. The number of hydrogen-bond acceptors (Lipinski definition) is 2. The quantitative estimate of drug-likeness (QED) is 0.821. The molecule has 0 fully saturated rings. The van der Waals surface area contributed by atoms with E-state index >= 15 is 0 Å². The Kier molecular flexibility index (Phi) is 4.66. The number of halogens is 1. The molecule has 2 rings (SSSR count). The van der Waals surface area contributed by atoms with Crippen molar-refractivity contribution < 1.29 is 4.79 Å². The summed E-state index contributed by atoms with van der Waals surface area (Å²) in [5, 5.41) is 2.89. The summed E-state index contributed by atoms with van der Waals surface area (Å²) in [5.74, 6) is -0.0903. The predicted octanol–water partition coefficient (Wildman–Crippen LogP) is 4.73. The maximum absolute atomic E-state index is 12.1. The molecule has 0 aliphatic carbocycles. The topological polar surface area (TPSA) is 29.1 Å². The summed E-state index contributed by atoms with van der Waals surface area (Å²) < 4.78 is 1.01. The molecule has 19 heavy (non-hydrogen) atoms. The Morgan fingerprint density at radius 3 is 2.42 bits per heavy atom. The van der Waals surface area contributed by atoms with Crippen molar-refractivity contribution in [3.05, 3.63) is 58.1 Å². The molecule has 0 radical (unpaired) electrons. The largest absolute Gasteiger partial charge is 0.322 e. The SMILES string of the molecule is CSc1ccc(NC(=O)c2ccc(Br)c(C)c2)cc1. The highest BCUT2D eigenvalue weighted by Gasteiger charge is 2.07. The number of amides is 1. The van der Waals surface area contributed by atoms with Gasteiger partial charge in [-0.1, -0.05) is 15.9 Å². The molecule has 98 valence electrons. The lowest BCUT2D eigenvalue weighted by Crippen LogP contribution is -2.11. The number of hydrogen-bond donors (Lipinski definition) is 1. The smallest absolute Gasteiger partial charge is 0.255 e. The Labute approximate surface area is 125 Å². The van der Waals surface area contributed by atoms with Crippen LogP contribution >= 0.6 is 27.7 Å². The van der Waals surface area contributed by atoms with Gasteiger partial charge in [0, 0.05) is 20.6 Å². The summed E-state index contributed by atoms with van der Waals surface area (Å²) in [6.07, 6.45) is 2.03. The molecule has 2 aromatic rings. The van der Waals surface area contributed by atoms with Gasteiger partial charge in [0.25, 0.3) is 5.91 Å². The van der Waals surface area contributed by atoms with Gasteiger partial charge in [0.15, 0.2) is 0 Å². The summed E-state index contributed by atoms with van der Waals surface area (Å²) in [5.41, 5.74) is 2.52. The van der Waals surface area contributed by atoms with Crippen LogP contribution in [0.15, 0.2) is 51.8 Å². The van der Waals surface area contributed by atoms with Gasteiger partial charge in [0.2, 0.25) is 0 Å². The van der Waals surface area contributed by atoms with E-state index in [0.717, 1.165) is 15.7 Å². The van der Waals surface area contributed by atoms with Gasteiger partial charge in [-0.15, -0.1) is 11.8 Å². The van der Waals surface area contributed by atoms with E-state index in [2.05, 4.69) is 21.2 Å². The highest BCUT2D eigenvalue weighted by molar-refractivity contribution is 9.10. The molecular formula is C15H14BrNOS. The Morgan fingerprint density at radius 1 is 1.16 bits per heavy atom. The molecule has 0 unspecified atom stereocenters. The summed E-state index contributed by atoms with van der Waals surface area (Å²) in [4.78, 5) is 13.3. The summed E-state index contributed by atoms with van der Waals surface area (Å²) in [6, 6.07) is 13.4. The molecule has 4 heteroatoms. The Hall–Kier alpha value is -1.26. The van der Waals surface area contributed by atoms with E-state index in [0.29, 0.717) is 5.56 Å². The van der Waals surface area contributed by atoms with Crippen molar-refractivity contribution in [2.75, 3.05) is 11.6 Å². The molecule has 0 heterocycles. The Balaban J connectivity index is 2.13. The van der Waals surface area contributed by atoms with Crippen molar-refractivity contribution in [2.24, 2.45) is 0 Å². The fourth-order valence-corrected chi connectivity index (χ4v) is 2.32. The van der Waals surface area contributed by atoms with Crippen LogP contribution in [-0.2, 0) is 0 Å². The van der Waals surface area contributed by atoms with Crippen LogP contribution in [0.2, 0.25) is 0 Å².